The molecule has 0 atom stereocenters. The van der Waals surface area contributed by atoms with Crippen LogP contribution in [-0.4, -0.2) is 33.1 Å². The second-order valence-corrected chi connectivity index (χ2v) is 5.27. The van der Waals surface area contributed by atoms with Gasteiger partial charge in [-0.2, -0.15) is 4.98 Å². The lowest BCUT2D eigenvalue weighted by molar-refractivity contribution is 0.208. The average Bonchev–Trinajstić information content (AvgIpc) is 2.91. The standard InChI is InChI=1S/C15H20N4O/c1-2-6-10-19(11-7-3-1)12-14-17-15(18-20-14)13-8-4-5-9-16-13/h4-5,8-9H,1-3,6-7,10-12H2. The zero-order chi connectivity index (χ0) is 13.6. The number of pyridine rings is 1. The Hall–Kier alpha value is -1.75. The van der Waals surface area contributed by atoms with Crippen molar-refractivity contribution in [3.8, 4) is 11.5 Å². The van der Waals surface area contributed by atoms with Gasteiger partial charge in [-0.25, -0.2) is 0 Å². The Bertz CT molecular complexity index is 518. The van der Waals surface area contributed by atoms with E-state index in [4.69, 9.17) is 4.52 Å². The maximum Gasteiger partial charge on any atom is 0.241 e. The molecule has 1 fully saturated rings. The molecular weight excluding hydrogens is 252 g/mol. The van der Waals surface area contributed by atoms with Crippen LogP contribution in [0.1, 0.15) is 38.0 Å². The monoisotopic (exact) mass is 272 g/mol. The third kappa shape index (κ3) is 3.42. The van der Waals surface area contributed by atoms with Gasteiger partial charge in [0.05, 0.1) is 6.54 Å². The van der Waals surface area contributed by atoms with Crippen LogP contribution in [0.3, 0.4) is 0 Å². The quantitative estimate of drug-likeness (QED) is 0.860. The topological polar surface area (TPSA) is 55.1 Å². The summed E-state index contributed by atoms with van der Waals surface area (Å²) in [7, 11) is 0. The largest absolute Gasteiger partial charge is 0.337 e. The van der Waals surface area contributed by atoms with E-state index in [1.165, 1.54) is 32.1 Å². The first-order valence-corrected chi connectivity index (χ1v) is 7.38. The summed E-state index contributed by atoms with van der Waals surface area (Å²) in [5.74, 6) is 1.26. The van der Waals surface area contributed by atoms with Crippen molar-refractivity contribution in [3.05, 3.63) is 30.3 Å². The van der Waals surface area contributed by atoms with Crippen molar-refractivity contribution in [2.45, 2.75) is 38.6 Å². The van der Waals surface area contributed by atoms with Gasteiger partial charge >= 0.3 is 0 Å². The zero-order valence-corrected chi connectivity index (χ0v) is 11.7. The highest BCUT2D eigenvalue weighted by Crippen LogP contribution is 2.15. The molecule has 0 unspecified atom stereocenters. The molecule has 20 heavy (non-hydrogen) atoms. The average molecular weight is 272 g/mol. The smallest absolute Gasteiger partial charge is 0.241 e. The van der Waals surface area contributed by atoms with Crippen LogP contribution >= 0.6 is 0 Å². The summed E-state index contributed by atoms with van der Waals surface area (Å²) < 4.78 is 5.35. The van der Waals surface area contributed by atoms with E-state index < -0.39 is 0 Å². The maximum absolute atomic E-state index is 5.35. The summed E-state index contributed by atoms with van der Waals surface area (Å²) in [6.07, 6.45) is 8.31. The lowest BCUT2D eigenvalue weighted by atomic mass is 10.1. The van der Waals surface area contributed by atoms with E-state index in [1.807, 2.05) is 18.2 Å². The van der Waals surface area contributed by atoms with E-state index in [9.17, 15) is 0 Å². The first kappa shape index (κ1) is 13.2. The molecule has 5 heteroatoms. The molecule has 0 bridgehead atoms. The van der Waals surface area contributed by atoms with Gasteiger partial charge in [-0.15, -0.1) is 0 Å². The molecule has 0 amide bonds. The molecule has 0 saturated carbocycles. The van der Waals surface area contributed by atoms with Crippen LogP contribution in [-0.2, 0) is 6.54 Å². The molecule has 0 spiro atoms. The van der Waals surface area contributed by atoms with E-state index in [0.29, 0.717) is 11.7 Å². The first-order chi connectivity index (χ1) is 9.92. The van der Waals surface area contributed by atoms with Crippen molar-refractivity contribution in [1.82, 2.24) is 20.0 Å². The van der Waals surface area contributed by atoms with Gasteiger partial charge in [0.1, 0.15) is 5.69 Å². The molecule has 106 valence electrons. The van der Waals surface area contributed by atoms with Crippen molar-refractivity contribution < 1.29 is 4.52 Å². The van der Waals surface area contributed by atoms with E-state index in [0.717, 1.165) is 25.3 Å². The van der Waals surface area contributed by atoms with E-state index in [-0.39, 0.29) is 0 Å². The fourth-order valence-electron chi connectivity index (χ4n) is 2.58. The molecule has 0 aromatic carbocycles. The molecule has 5 nitrogen and oxygen atoms in total. The first-order valence-electron chi connectivity index (χ1n) is 7.38. The maximum atomic E-state index is 5.35. The van der Waals surface area contributed by atoms with E-state index in [2.05, 4.69) is 20.0 Å². The van der Waals surface area contributed by atoms with Gasteiger partial charge in [0.25, 0.3) is 0 Å². The fourth-order valence-corrected chi connectivity index (χ4v) is 2.58. The lowest BCUT2D eigenvalue weighted by Gasteiger charge is -2.22. The number of hydrogen-bond donors (Lipinski definition) is 0. The van der Waals surface area contributed by atoms with Gasteiger partial charge in [0.2, 0.25) is 11.7 Å². The third-order valence-corrected chi connectivity index (χ3v) is 3.67. The number of rotatable bonds is 3. The predicted octanol–water partition coefficient (Wildman–Crippen LogP) is 2.90. The highest BCUT2D eigenvalue weighted by molar-refractivity contribution is 5.46. The highest BCUT2D eigenvalue weighted by Gasteiger charge is 2.14. The second-order valence-electron chi connectivity index (χ2n) is 5.27. The summed E-state index contributed by atoms with van der Waals surface area (Å²) >= 11 is 0. The minimum absolute atomic E-state index is 0.577. The number of likely N-dealkylation sites (tertiary alicyclic amines) is 1. The van der Waals surface area contributed by atoms with Crippen molar-refractivity contribution in [2.24, 2.45) is 0 Å². The Morgan fingerprint density at radius 1 is 1.05 bits per heavy atom. The summed E-state index contributed by atoms with van der Waals surface area (Å²) in [6, 6.07) is 5.70. The van der Waals surface area contributed by atoms with Crippen LogP contribution in [0.25, 0.3) is 11.5 Å². The van der Waals surface area contributed by atoms with Crippen LogP contribution in [0.15, 0.2) is 28.9 Å². The molecule has 3 heterocycles. The van der Waals surface area contributed by atoms with Gasteiger partial charge in [-0.3, -0.25) is 9.88 Å². The summed E-state index contributed by atoms with van der Waals surface area (Å²) in [5, 5.41) is 4.02. The zero-order valence-electron chi connectivity index (χ0n) is 11.7. The normalized spacial score (nSPS) is 17.6. The van der Waals surface area contributed by atoms with Crippen molar-refractivity contribution in [2.75, 3.05) is 13.1 Å². The van der Waals surface area contributed by atoms with Crippen LogP contribution < -0.4 is 0 Å². The molecule has 1 saturated heterocycles. The fraction of sp³-hybridized carbons (Fsp3) is 0.533. The number of nitrogens with zero attached hydrogens (tertiary/aromatic N) is 4. The Labute approximate surface area is 119 Å². The van der Waals surface area contributed by atoms with Crippen molar-refractivity contribution in [3.63, 3.8) is 0 Å². The van der Waals surface area contributed by atoms with E-state index in [1.54, 1.807) is 6.20 Å². The van der Waals surface area contributed by atoms with Crippen LogP contribution in [0, 0.1) is 0 Å². The molecular formula is C15H20N4O. The van der Waals surface area contributed by atoms with Gasteiger partial charge in [0.15, 0.2) is 0 Å². The Morgan fingerprint density at radius 3 is 2.60 bits per heavy atom. The molecule has 2 aromatic heterocycles. The van der Waals surface area contributed by atoms with Crippen molar-refractivity contribution in [1.29, 1.82) is 0 Å². The number of aromatic nitrogens is 3. The van der Waals surface area contributed by atoms with Gasteiger partial charge in [-0.05, 0) is 38.1 Å². The molecule has 2 aromatic rings. The van der Waals surface area contributed by atoms with Gasteiger partial charge < -0.3 is 4.52 Å². The SMILES string of the molecule is c1ccc(-c2noc(CN3CCCCCCC3)n2)nc1. The molecule has 3 rings (SSSR count). The van der Waals surface area contributed by atoms with Gasteiger partial charge in [-0.1, -0.05) is 30.5 Å². The minimum Gasteiger partial charge on any atom is -0.337 e. The van der Waals surface area contributed by atoms with Crippen LogP contribution in [0.4, 0.5) is 0 Å². The molecule has 1 aliphatic rings. The Balaban J connectivity index is 1.64. The van der Waals surface area contributed by atoms with E-state index >= 15 is 0 Å². The summed E-state index contributed by atoms with van der Waals surface area (Å²) in [6.45, 7) is 3.00. The highest BCUT2D eigenvalue weighted by atomic mass is 16.5. The predicted molar refractivity (Wildman–Crippen MR) is 75.9 cm³/mol. The summed E-state index contributed by atoms with van der Waals surface area (Å²) in [4.78, 5) is 11.1. The number of hydrogen-bond acceptors (Lipinski definition) is 5. The summed E-state index contributed by atoms with van der Waals surface area (Å²) in [5.41, 5.74) is 0.759. The third-order valence-electron chi connectivity index (χ3n) is 3.67. The lowest BCUT2D eigenvalue weighted by Crippen LogP contribution is -2.27. The minimum atomic E-state index is 0.577. The second kappa shape index (κ2) is 6.61. The molecule has 0 N–H and O–H groups in total. The van der Waals surface area contributed by atoms with Crippen LogP contribution in [0.5, 0.6) is 0 Å². The van der Waals surface area contributed by atoms with Gasteiger partial charge in [0, 0.05) is 6.20 Å². The van der Waals surface area contributed by atoms with Crippen LogP contribution in [0.2, 0.25) is 0 Å². The Kier molecular flexibility index (Phi) is 4.38. The molecule has 0 radical (unpaired) electrons. The molecule has 0 aliphatic carbocycles. The molecule has 1 aliphatic heterocycles. The van der Waals surface area contributed by atoms with Crippen molar-refractivity contribution >= 4 is 0 Å². The Morgan fingerprint density at radius 2 is 1.85 bits per heavy atom.